The molecule has 0 aliphatic carbocycles. The Morgan fingerprint density at radius 3 is 2.67 bits per heavy atom. The highest BCUT2D eigenvalue weighted by molar-refractivity contribution is 5.96. The van der Waals surface area contributed by atoms with Crippen LogP contribution < -0.4 is 14.8 Å². The molecule has 144 valence electrons. The maximum absolute atomic E-state index is 12.8. The average molecular weight is 368 g/mol. The molecule has 27 heavy (non-hydrogen) atoms. The van der Waals surface area contributed by atoms with Gasteiger partial charge in [0.2, 0.25) is 0 Å². The lowest BCUT2D eigenvalue weighted by molar-refractivity contribution is 0.0934. The zero-order valence-electron chi connectivity index (χ0n) is 16.1. The van der Waals surface area contributed by atoms with E-state index >= 15 is 0 Å². The van der Waals surface area contributed by atoms with Gasteiger partial charge in [-0.3, -0.25) is 9.69 Å². The van der Waals surface area contributed by atoms with Crippen LogP contribution in [0.4, 0.5) is 0 Å². The fourth-order valence-corrected chi connectivity index (χ4v) is 3.58. The van der Waals surface area contributed by atoms with Gasteiger partial charge in [0.15, 0.2) is 0 Å². The van der Waals surface area contributed by atoms with Gasteiger partial charge in [-0.05, 0) is 62.7 Å². The molecule has 1 saturated heterocycles. The third kappa shape index (κ3) is 4.80. The lowest BCUT2D eigenvalue weighted by atomic mass is 10.0. The van der Waals surface area contributed by atoms with Gasteiger partial charge in [-0.1, -0.05) is 24.3 Å². The van der Waals surface area contributed by atoms with E-state index in [2.05, 4.69) is 22.3 Å². The van der Waals surface area contributed by atoms with E-state index in [0.717, 1.165) is 24.4 Å². The Kier molecular flexibility index (Phi) is 6.71. The first-order valence-electron chi connectivity index (χ1n) is 9.61. The second kappa shape index (κ2) is 9.42. The molecule has 1 unspecified atom stereocenters. The minimum atomic E-state index is -0.105. The SMILES string of the molecule is CCOc1ccccc1C(=O)NCC(c1cccc(OC)c1)N1CCCC1. The maximum atomic E-state index is 12.8. The number of carbonyl (C=O) groups excluding carboxylic acids is 1. The summed E-state index contributed by atoms with van der Waals surface area (Å²) in [6.45, 7) is 5.10. The molecule has 1 aliphatic heterocycles. The predicted molar refractivity (Wildman–Crippen MR) is 106 cm³/mol. The predicted octanol–water partition coefficient (Wildman–Crippen LogP) is 3.66. The molecule has 1 aliphatic rings. The lowest BCUT2D eigenvalue weighted by Gasteiger charge is -2.28. The third-order valence-electron chi connectivity index (χ3n) is 4.95. The number of methoxy groups -OCH3 is 1. The Labute approximate surface area is 161 Å². The van der Waals surface area contributed by atoms with Crippen molar-refractivity contribution >= 4 is 5.91 Å². The van der Waals surface area contributed by atoms with Crippen molar-refractivity contribution in [1.82, 2.24) is 10.2 Å². The zero-order chi connectivity index (χ0) is 19.1. The van der Waals surface area contributed by atoms with E-state index in [1.54, 1.807) is 13.2 Å². The van der Waals surface area contributed by atoms with Crippen LogP contribution in [0.3, 0.4) is 0 Å². The Morgan fingerprint density at radius 2 is 1.93 bits per heavy atom. The topological polar surface area (TPSA) is 50.8 Å². The molecule has 2 aromatic rings. The van der Waals surface area contributed by atoms with Crippen molar-refractivity contribution in [2.75, 3.05) is 33.4 Å². The Balaban J connectivity index is 1.75. The monoisotopic (exact) mass is 368 g/mol. The smallest absolute Gasteiger partial charge is 0.255 e. The molecule has 1 fully saturated rings. The number of hydrogen-bond acceptors (Lipinski definition) is 4. The van der Waals surface area contributed by atoms with Gasteiger partial charge in [0.05, 0.1) is 25.3 Å². The normalized spacial score (nSPS) is 15.3. The molecule has 0 radical (unpaired) electrons. The molecular weight excluding hydrogens is 340 g/mol. The standard InChI is InChI=1S/C22H28N2O3/c1-3-27-21-12-5-4-11-19(21)22(25)23-16-20(24-13-6-7-14-24)17-9-8-10-18(15-17)26-2/h4-5,8-12,15,20H,3,6-7,13-14,16H2,1-2H3,(H,23,25). The van der Waals surface area contributed by atoms with Crippen LogP contribution in [0, 0.1) is 0 Å². The van der Waals surface area contributed by atoms with Gasteiger partial charge in [-0.25, -0.2) is 0 Å². The van der Waals surface area contributed by atoms with Gasteiger partial charge >= 0.3 is 0 Å². The number of rotatable bonds is 8. The fourth-order valence-electron chi connectivity index (χ4n) is 3.58. The third-order valence-corrected chi connectivity index (χ3v) is 4.95. The summed E-state index contributed by atoms with van der Waals surface area (Å²) in [6.07, 6.45) is 2.39. The van der Waals surface area contributed by atoms with Crippen molar-refractivity contribution in [3.63, 3.8) is 0 Å². The molecular formula is C22H28N2O3. The summed E-state index contributed by atoms with van der Waals surface area (Å²) in [5.74, 6) is 1.35. The molecule has 0 spiro atoms. The molecule has 0 bridgehead atoms. The van der Waals surface area contributed by atoms with Crippen LogP contribution in [0.2, 0.25) is 0 Å². The van der Waals surface area contributed by atoms with Crippen LogP contribution in [0.5, 0.6) is 11.5 Å². The van der Waals surface area contributed by atoms with Crippen LogP contribution in [-0.2, 0) is 0 Å². The van der Waals surface area contributed by atoms with Crippen LogP contribution >= 0.6 is 0 Å². The molecule has 1 atom stereocenters. The lowest BCUT2D eigenvalue weighted by Crippen LogP contribution is -2.37. The highest BCUT2D eigenvalue weighted by Gasteiger charge is 2.25. The van der Waals surface area contributed by atoms with Gasteiger partial charge in [-0.2, -0.15) is 0 Å². The number of nitrogens with one attached hydrogen (secondary N) is 1. The maximum Gasteiger partial charge on any atom is 0.255 e. The summed E-state index contributed by atoms with van der Waals surface area (Å²) in [4.78, 5) is 15.2. The quantitative estimate of drug-likeness (QED) is 0.773. The molecule has 3 rings (SSSR count). The van der Waals surface area contributed by atoms with Gasteiger partial charge in [0, 0.05) is 6.54 Å². The summed E-state index contributed by atoms with van der Waals surface area (Å²) >= 11 is 0. The van der Waals surface area contributed by atoms with Gasteiger partial charge < -0.3 is 14.8 Å². The van der Waals surface area contributed by atoms with Crippen molar-refractivity contribution in [3.05, 3.63) is 59.7 Å². The minimum Gasteiger partial charge on any atom is -0.497 e. The van der Waals surface area contributed by atoms with Crippen molar-refractivity contribution in [2.45, 2.75) is 25.8 Å². The summed E-state index contributed by atoms with van der Waals surface area (Å²) in [5, 5.41) is 3.11. The van der Waals surface area contributed by atoms with Crippen molar-refractivity contribution in [1.29, 1.82) is 0 Å². The molecule has 5 heteroatoms. The molecule has 1 N–H and O–H groups in total. The van der Waals surface area contributed by atoms with Crippen LogP contribution in [0.25, 0.3) is 0 Å². The number of nitrogens with zero attached hydrogens (tertiary/aromatic N) is 1. The van der Waals surface area contributed by atoms with E-state index < -0.39 is 0 Å². The number of carbonyl (C=O) groups is 1. The number of ether oxygens (including phenoxy) is 2. The molecule has 1 heterocycles. The minimum absolute atomic E-state index is 0.105. The van der Waals surface area contributed by atoms with Gasteiger partial charge in [0.1, 0.15) is 11.5 Å². The van der Waals surface area contributed by atoms with E-state index in [-0.39, 0.29) is 11.9 Å². The Hall–Kier alpha value is -2.53. The molecule has 5 nitrogen and oxygen atoms in total. The summed E-state index contributed by atoms with van der Waals surface area (Å²) in [5.41, 5.74) is 1.74. The fraction of sp³-hybridized carbons (Fsp3) is 0.409. The van der Waals surface area contributed by atoms with Crippen molar-refractivity contribution in [2.24, 2.45) is 0 Å². The number of benzene rings is 2. The summed E-state index contributed by atoms with van der Waals surface area (Å²) in [7, 11) is 1.68. The molecule has 0 saturated carbocycles. The average Bonchev–Trinajstić information content (AvgIpc) is 3.23. The van der Waals surface area contributed by atoms with Crippen molar-refractivity contribution < 1.29 is 14.3 Å². The zero-order valence-corrected chi connectivity index (χ0v) is 16.1. The highest BCUT2D eigenvalue weighted by atomic mass is 16.5. The van der Waals surface area contributed by atoms with Crippen LogP contribution in [-0.4, -0.2) is 44.2 Å². The number of para-hydroxylation sites is 1. The van der Waals surface area contributed by atoms with E-state index in [0.29, 0.717) is 24.5 Å². The van der Waals surface area contributed by atoms with Crippen LogP contribution in [0.1, 0.15) is 41.7 Å². The number of amides is 1. The van der Waals surface area contributed by atoms with E-state index in [9.17, 15) is 4.79 Å². The highest BCUT2D eigenvalue weighted by Crippen LogP contribution is 2.27. The number of likely N-dealkylation sites (tertiary alicyclic amines) is 1. The first-order valence-corrected chi connectivity index (χ1v) is 9.61. The first-order chi connectivity index (χ1) is 13.2. The van der Waals surface area contributed by atoms with Crippen LogP contribution in [0.15, 0.2) is 48.5 Å². The molecule has 0 aromatic heterocycles. The summed E-state index contributed by atoms with van der Waals surface area (Å²) in [6, 6.07) is 15.6. The largest absolute Gasteiger partial charge is 0.497 e. The Morgan fingerprint density at radius 1 is 1.15 bits per heavy atom. The first kappa shape index (κ1) is 19.2. The second-order valence-corrected chi connectivity index (χ2v) is 6.67. The van der Waals surface area contributed by atoms with Gasteiger partial charge in [-0.15, -0.1) is 0 Å². The van der Waals surface area contributed by atoms with Crippen molar-refractivity contribution in [3.8, 4) is 11.5 Å². The van der Waals surface area contributed by atoms with E-state index in [1.165, 1.54) is 12.8 Å². The van der Waals surface area contributed by atoms with E-state index in [4.69, 9.17) is 9.47 Å². The number of hydrogen-bond donors (Lipinski definition) is 1. The van der Waals surface area contributed by atoms with Gasteiger partial charge in [0.25, 0.3) is 5.91 Å². The molecule has 2 aromatic carbocycles. The second-order valence-electron chi connectivity index (χ2n) is 6.67. The Bertz CT molecular complexity index is 757. The summed E-state index contributed by atoms with van der Waals surface area (Å²) < 4.78 is 11.0. The van der Waals surface area contributed by atoms with E-state index in [1.807, 2.05) is 37.3 Å². The molecule has 1 amide bonds.